The Morgan fingerprint density at radius 1 is 1.54 bits per heavy atom. The minimum atomic E-state index is 0.720. The highest BCUT2D eigenvalue weighted by molar-refractivity contribution is 9.10. The summed E-state index contributed by atoms with van der Waals surface area (Å²) in [6, 6.07) is 6.65. The predicted molar refractivity (Wildman–Crippen MR) is 59.1 cm³/mol. The second-order valence-corrected chi connectivity index (χ2v) is 4.55. The topological polar surface area (TPSA) is 12.0 Å². The molecule has 2 heteroatoms. The summed E-state index contributed by atoms with van der Waals surface area (Å²) in [6.45, 7) is 1.10. The third-order valence-corrected chi connectivity index (χ3v) is 3.25. The molecule has 13 heavy (non-hydrogen) atoms. The minimum Gasteiger partial charge on any atom is -0.319 e. The molecule has 0 aromatic heterocycles. The molecule has 2 rings (SSSR count). The van der Waals surface area contributed by atoms with Crippen LogP contribution < -0.4 is 5.32 Å². The molecule has 0 amide bonds. The summed E-state index contributed by atoms with van der Waals surface area (Å²) in [5.74, 6) is 0.720. The van der Waals surface area contributed by atoms with E-state index in [1.54, 1.807) is 0 Å². The van der Waals surface area contributed by atoms with E-state index in [9.17, 15) is 0 Å². The van der Waals surface area contributed by atoms with Crippen molar-refractivity contribution in [3.63, 3.8) is 0 Å². The van der Waals surface area contributed by atoms with Crippen LogP contribution in [0.2, 0.25) is 0 Å². The molecular weight excluding hydrogens is 226 g/mol. The Bertz CT molecular complexity index is 307. The third-order valence-electron chi connectivity index (χ3n) is 2.76. The lowest BCUT2D eigenvalue weighted by atomic mass is 10.0. The summed E-state index contributed by atoms with van der Waals surface area (Å²) < 4.78 is 1.20. The van der Waals surface area contributed by atoms with Crippen LogP contribution >= 0.6 is 15.9 Å². The molecule has 0 saturated carbocycles. The van der Waals surface area contributed by atoms with Gasteiger partial charge in [0.1, 0.15) is 0 Å². The fourth-order valence-electron chi connectivity index (χ4n) is 2.12. The lowest BCUT2D eigenvalue weighted by Crippen LogP contribution is -2.15. The van der Waals surface area contributed by atoms with Crippen LogP contribution in [0.5, 0.6) is 0 Å². The van der Waals surface area contributed by atoms with Gasteiger partial charge in [-0.1, -0.05) is 22.0 Å². The van der Waals surface area contributed by atoms with Gasteiger partial charge in [0, 0.05) is 11.0 Å². The standard InChI is InChI=1S/C11H14BrN/c1-13-7-9-3-2-8-4-5-10(12)6-11(8)9/h4-6,9,13H,2-3,7H2,1H3. The van der Waals surface area contributed by atoms with E-state index >= 15 is 0 Å². The molecular formula is C11H14BrN. The van der Waals surface area contributed by atoms with Crippen LogP contribution in [-0.2, 0) is 6.42 Å². The van der Waals surface area contributed by atoms with E-state index < -0.39 is 0 Å². The van der Waals surface area contributed by atoms with Crippen LogP contribution in [0.15, 0.2) is 22.7 Å². The lowest BCUT2D eigenvalue weighted by molar-refractivity contribution is 0.623. The number of nitrogens with one attached hydrogen (secondary N) is 1. The average Bonchev–Trinajstić information content (AvgIpc) is 2.49. The zero-order valence-corrected chi connectivity index (χ0v) is 9.39. The van der Waals surface area contributed by atoms with Crippen molar-refractivity contribution in [2.75, 3.05) is 13.6 Å². The number of halogens is 1. The number of benzene rings is 1. The summed E-state index contributed by atoms with van der Waals surface area (Å²) in [5.41, 5.74) is 3.06. The van der Waals surface area contributed by atoms with Crippen molar-refractivity contribution in [2.45, 2.75) is 18.8 Å². The molecule has 0 spiro atoms. The Kier molecular flexibility index (Phi) is 2.70. The van der Waals surface area contributed by atoms with E-state index in [4.69, 9.17) is 0 Å². The lowest BCUT2D eigenvalue weighted by Gasteiger charge is -2.10. The van der Waals surface area contributed by atoms with Crippen molar-refractivity contribution in [1.82, 2.24) is 5.32 Å². The number of rotatable bonds is 2. The van der Waals surface area contributed by atoms with E-state index in [1.165, 1.54) is 28.4 Å². The molecule has 0 bridgehead atoms. The maximum absolute atomic E-state index is 3.52. The van der Waals surface area contributed by atoms with Gasteiger partial charge >= 0.3 is 0 Å². The first-order chi connectivity index (χ1) is 6.31. The molecule has 1 N–H and O–H groups in total. The highest BCUT2D eigenvalue weighted by atomic mass is 79.9. The Labute approximate surface area is 87.7 Å². The molecule has 1 unspecified atom stereocenters. The molecule has 0 heterocycles. The molecule has 1 nitrogen and oxygen atoms in total. The fourth-order valence-corrected chi connectivity index (χ4v) is 2.50. The zero-order chi connectivity index (χ0) is 9.26. The maximum Gasteiger partial charge on any atom is 0.0178 e. The largest absolute Gasteiger partial charge is 0.319 e. The molecule has 70 valence electrons. The molecule has 1 atom stereocenters. The van der Waals surface area contributed by atoms with Crippen LogP contribution in [-0.4, -0.2) is 13.6 Å². The van der Waals surface area contributed by atoms with Crippen molar-refractivity contribution >= 4 is 15.9 Å². The van der Waals surface area contributed by atoms with Crippen molar-refractivity contribution in [3.8, 4) is 0 Å². The van der Waals surface area contributed by atoms with E-state index in [0.29, 0.717) is 0 Å². The molecule has 1 aromatic rings. The SMILES string of the molecule is CNCC1CCc2ccc(Br)cc21. The van der Waals surface area contributed by atoms with E-state index in [0.717, 1.165) is 12.5 Å². The van der Waals surface area contributed by atoms with Gasteiger partial charge in [-0.3, -0.25) is 0 Å². The van der Waals surface area contributed by atoms with Gasteiger partial charge < -0.3 is 5.32 Å². The fraction of sp³-hybridized carbons (Fsp3) is 0.455. The molecule has 1 aromatic carbocycles. The number of hydrogen-bond acceptors (Lipinski definition) is 1. The molecule has 0 fully saturated rings. The quantitative estimate of drug-likeness (QED) is 0.838. The molecule has 0 saturated heterocycles. The highest BCUT2D eigenvalue weighted by Crippen LogP contribution is 2.34. The molecule has 1 aliphatic carbocycles. The Balaban J connectivity index is 2.29. The summed E-state index contributed by atoms with van der Waals surface area (Å²) in [6.07, 6.45) is 2.54. The second-order valence-electron chi connectivity index (χ2n) is 3.64. The molecule has 0 radical (unpaired) electrons. The second kappa shape index (κ2) is 3.81. The zero-order valence-electron chi connectivity index (χ0n) is 7.81. The van der Waals surface area contributed by atoms with E-state index in [1.807, 2.05) is 7.05 Å². The first kappa shape index (κ1) is 9.22. The normalized spacial score (nSPS) is 20.3. The predicted octanol–water partition coefficient (Wildman–Crippen LogP) is 2.70. The first-order valence-corrected chi connectivity index (χ1v) is 5.53. The molecule has 1 aliphatic rings. The van der Waals surface area contributed by atoms with Crippen molar-refractivity contribution in [2.24, 2.45) is 0 Å². The summed E-state index contributed by atoms with van der Waals surface area (Å²) in [7, 11) is 2.02. The monoisotopic (exact) mass is 239 g/mol. The summed E-state index contributed by atoms with van der Waals surface area (Å²) in [4.78, 5) is 0. The van der Waals surface area contributed by atoms with Gasteiger partial charge in [-0.15, -0.1) is 0 Å². The third kappa shape index (κ3) is 1.79. The number of hydrogen-bond donors (Lipinski definition) is 1. The Hall–Kier alpha value is -0.340. The number of fused-ring (bicyclic) bond motifs is 1. The van der Waals surface area contributed by atoms with E-state index in [2.05, 4.69) is 39.4 Å². The highest BCUT2D eigenvalue weighted by Gasteiger charge is 2.21. The maximum atomic E-state index is 3.52. The van der Waals surface area contributed by atoms with Crippen molar-refractivity contribution < 1.29 is 0 Å². The van der Waals surface area contributed by atoms with Gasteiger partial charge in [0.05, 0.1) is 0 Å². The van der Waals surface area contributed by atoms with Gasteiger partial charge in [-0.2, -0.15) is 0 Å². The molecule has 0 aliphatic heterocycles. The number of likely N-dealkylation sites (N-methyl/N-ethyl adjacent to an activating group) is 1. The van der Waals surface area contributed by atoms with Gasteiger partial charge in [0.15, 0.2) is 0 Å². The van der Waals surface area contributed by atoms with Crippen LogP contribution in [0.1, 0.15) is 23.5 Å². The number of aryl methyl sites for hydroxylation is 1. The van der Waals surface area contributed by atoms with Gasteiger partial charge in [0.25, 0.3) is 0 Å². The smallest absolute Gasteiger partial charge is 0.0178 e. The van der Waals surface area contributed by atoms with Crippen LogP contribution in [0.4, 0.5) is 0 Å². The Morgan fingerprint density at radius 2 is 2.38 bits per heavy atom. The van der Waals surface area contributed by atoms with Gasteiger partial charge in [-0.05, 0) is 49.1 Å². The summed E-state index contributed by atoms with van der Waals surface area (Å²) in [5, 5.41) is 3.25. The summed E-state index contributed by atoms with van der Waals surface area (Å²) >= 11 is 3.52. The van der Waals surface area contributed by atoms with Crippen LogP contribution in [0.3, 0.4) is 0 Å². The van der Waals surface area contributed by atoms with Crippen molar-refractivity contribution in [1.29, 1.82) is 0 Å². The first-order valence-electron chi connectivity index (χ1n) is 4.74. The van der Waals surface area contributed by atoms with Crippen molar-refractivity contribution in [3.05, 3.63) is 33.8 Å². The van der Waals surface area contributed by atoms with Crippen LogP contribution in [0.25, 0.3) is 0 Å². The van der Waals surface area contributed by atoms with E-state index in [-0.39, 0.29) is 0 Å². The average molecular weight is 240 g/mol. The Morgan fingerprint density at radius 3 is 3.15 bits per heavy atom. The van der Waals surface area contributed by atoms with Crippen LogP contribution in [0, 0.1) is 0 Å². The minimum absolute atomic E-state index is 0.720. The van der Waals surface area contributed by atoms with Gasteiger partial charge in [0.2, 0.25) is 0 Å². The van der Waals surface area contributed by atoms with Gasteiger partial charge in [-0.25, -0.2) is 0 Å².